The van der Waals surface area contributed by atoms with Gasteiger partial charge in [0.1, 0.15) is 30.3 Å². The summed E-state index contributed by atoms with van der Waals surface area (Å²) in [6.07, 6.45) is 0.129. The zero-order chi connectivity index (χ0) is 28.1. The number of aromatic nitrogens is 3. The predicted octanol–water partition coefficient (Wildman–Crippen LogP) is 1.75. The number of methoxy groups -OCH3 is 1. The maximum absolute atomic E-state index is 13.6. The van der Waals surface area contributed by atoms with Crippen LogP contribution in [0, 0.1) is 0 Å². The monoisotopic (exact) mass is 540 g/mol. The lowest BCUT2D eigenvalue weighted by molar-refractivity contribution is -0.162. The number of esters is 1. The highest BCUT2D eigenvalue weighted by Crippen LogP contribution is 2.32. The van der Waals surface area contributed by atoms with E-state index >= 15 is 0 Å². The molecule has 0 aliphatic carbocycles. The van der Waals surface area contributed by atoms with E-state index in [1.54, 1.807) is 35.0 Å². The summed E-state index contributed by atoms with van der Waals surface area (Å²) in [7, 11) is 1.25. The molecule has 1 aromatic heterocycles. The molecule has 1 aliphatic heterocycles. The maximum atomic E-state index is 13.6. The number of likely N-dealkylation sites (tertiary alicyclic amines) is 1. The molecule has 204 valence electrons. The zero-order valence-corrected chi connectivity index (χ0v) is 21.8. The molecule has 4 aromatic rings. The first kappa shape index (κ1) is 26.5. The van der Waals surface area contributed by atoms with Gasteiger partial charge in [-0.1, -0.05) is 78.0 Å². The van der Waals surface area contributed by atoms with Crippen LogP contribution >= 0.6 is 0 Å². The van der Waals surface area contributed by atoms with Crippen molar-refractivity contribution in [2.75, 3.05) is 7.11 Å². The van der Waals surface area contributed by atoms with Crippen molar-refractivity contribution >= 4 is 34.7 Å². The Morgan fingerprint density at radius 2 is 1.65 bits per heavy atom. The van der Waals surface area contributed by atoms with E-state index in [1.165, 1.54) is 12.0 Å². The number of para-hydroxylation sites is 1. The van der Waals surface area contributed by atoms with E-state index in [4.69, 9.17) is 4.74 Å². The van der Waals surface area contributed by atoms with Gasteiger partial charge in [0.25, 0.3) is 0 Å². The number of carbonyl (C=O) groups is 4. The Morgan fingerprint density at radius 3 is 2.35 bits per heavy atom. The zero-order valence-electron chi connectivity index (χ0n) is 21.8. The molecule has 11 nitrogen and oxygen atoms in total. The molecule has 0 spiro atoms. The van der Waals surface area contributed by atoms with Crippen molar-refractivity contribution in [1.29, 1.82) is 0 Å². The summed E-state index contributed by atoms with van der Waals surface area (Å²) in [5.41, 5.74) is 2.80. The van der Waals surface area contributed by atoms with Crippen molar-refractivity contribution in [3.05, 3.63) is 96.1 Å². The van der Waals surface area contributed by atoms with E-state index in [2.05, 4.69) is 20.9 Å². The molecule has 0 radical (unpaired) electrons. The topological polar surface area (TPSA) is 136 Å². The molecule has 0 bridgehead atoms. The summed E-state index contributed by atoms with van der Waals surface area (Å²) in [4.78, 5) is 53.6. The molecular formula is C29H28N6O5. The fourth-order valence-corrected chi connectivity index (χ4v) is 4.78. The van der Waals surface area contributed by atoms with Gasteiger partial charge >= 0.3 is 5.97 Å². The molecule has 3 aromatic carbocycles. The fraction of sp³-hybridized carbons (Fsp3) is 0.241. The van der Waals surface area contributed by atoms with E-state index in [1.807, 2.05) is 54.6 Å². The van der Waals surface area contributed by atoms with Crippen LogP contribution < -0.4 is 10.6 Å². The number of carbonyl (C=O) groups excluding carboxylic acids is 4. The van der Waals surface area contributed by atoms with Gasteiger partial charge in [0.15, 0.2) is 0 Å². The molecular weight excluding hydrogens is 512 g/mol. The van der Waals surface area contributed by atoms with Gasteiger partial charge in [-0.3, -0.25) is 14.4 Å². The molecule has 5 rings (SSSR count). The van der Waals surface area contributed by atoms with Gasteiger partial charge in [0.2, 0.25) is 17.7 Å². The summed E-state index contributed by atoms with van der Waals surface area (Å²) in [6, 6.07) is 22.3. The van der Waals surface area contributed by atoms with Crippen LogP contribution in [-0.4, -0.2) is 62.8 Å². The average molecular weight is 541 g/mol. The highest BCUT2D eigenvalue weighted by molar-refractivity contribution is 6.01. The molecule has 0 saturated carbocycles. The van der Waals surface area contributed by atoms with Crippen molar-refractivity contribution in [3.8, 4) is 0 Å². The van der Waals surface area contributed by atoms with Crippen molar-refractivity contribution in [1.82, 2.24) is 30.5 Å². The van der Waals surface area contributed by atoms with Gasteiger partial charge in [-0.25, -0.2) is 9.48 Å². The molecule has 3 atom stereocenters. The highest BCUT2D eigenvalue weighted by Gasteiger charge is 2.48. The summed E-state index contributed by atoms with van der Waals surface area (Å²) >= 11 is 0. The van der Waals surface area contributed by atoms with Crippen molar-refractivity contribution in [2.45, 2.75) is 37.6 Å². The number of nitrogens with zero attached hydrogens (tertiary/aromatic N) is 4. The minimum atomic E-state index is -1.07. The number of nitrogens with one attached hydrogen (secondary N) is 2. The molecule has 2 heterocycles. The second-order valence-electron chi connectivity index (χ2n) is 9.39. The largest absolute Gasteiger partial charge is 0.467 e. The normalized spacial score (nSPS) is 16.1. The van der Waals surface area contributed by atoms with Crippen LogP contribution in [0.5, 0.6) is 0 Å². The van der Waals surface area contributed by atoms with E-state index in [0.29, 0.717) is 11.1 Å². The van der Waals surface area contributed by atoms with Gasteiger partial charge in [0, 0.05) is 6.42 Å². The second-order valence-corrected chi connectivity index (χ2v) is 9.39. The SMILES string of the molecule is COC(=O)C(Cc1ccccc1)NC(=O)C1CC(=O)N1C(C(=O)NCn1nnc2ccccc21)c1ccccc1. The van der Waals surface area contributed by atoms with Gasteiger partial charge in [0.05, 0.1) is 19.0 Å². The maximum Gasteiger partial charge on any atom is 0.328 e. The third-order valence-electron chi connectivity index (χ3n) is 6.84. The smallest absolute Gasteiger partial charge is 0.328 e. The lowest BCUT2D eigenvalue weighted by Gasteiger charge is -2.44. The minimum Gasteiger partial charge on any atom is -0.467 e. The number of hydrogen-bond donors (Lipinski definition) is 2. The number of ether oxygens (including phenoxy) is 1. The molecule has 3 amide bonds. The molecule has 3 unspecified atom stereocenters. The van der Waals surface area contributed by atoms with Crippen LogP contribution in [0.25, 0.3) is 11.0 Å². The van der Waals surface area contributed by atoms with Crippen molar-refractivity contribution in [3.63, 3.8) is 0 Å². The van der Waals surface area contributed by atoms with Crippen LogP contribution in [0.2, 0.25) is 0 Å². The van der Waals surface area contributed by atoms with Gasteiger partial charge in [-0.15, -0.1) is 5.10 Å². The lowest BCUT2D eigenvalue weighted by Crippen LogP contribution is -2.64. The van der Waals surface area contributed by atoms with Crippen LogP contribution in [-0.2, 0) is 37.0 Å². The Kier molecular flexibility index (Phi) is 7.81. The Morgan fingerprint density at radius 1 is 0.975 bits per heavy atom. The number of amides is 3. The molecule has 1 saturated heterocycles. The molecule has 1 aliphatic rings. The van der Waals surface area contributed by atoms with E-state index < -0.39 is 35.9 Å². The average Bonchev–Trinajstić information content (AvgIpc) is 3.40. The van der Waals surface area contributed by atoms with E-state index in [0.717, 1.165) is 11.1 Å². The summed E-state index contributed by atoms with van der Waals surface area (Å²) in [5, 5.41) is 13.7. The number of β-lactam (4-membered cyclic amide) rings is 1. The minimum absolute atomic E-state index is 0.0169. The quantitative estimate of drug-likeness (QED) is 0.231. The third-order valence-corrected chi connectivity index (χ3v) is 6.84. The van der Waals surface area contributed by atoms with Crippen LogP contribution in [0.15, 0.2) is 84.9 Å². The molecule has 11 heteroatoms. The predicted molar refractivity (Wildman–Crippen MR) is 144 cm³/mol. The molecule has 40 heavy (non-hydrogen) atoms. The Labute approximate surface area is 230 Å². The first-order chi connectivity index (χ1) is 19.5. The first-order valence-electron chi connectivity index (χ1n) is 12.8. The molecule has 2 N–H and O–H groups in total. The number of benzene rings is 3. The fourth-order valence-electron chi connectivity index (χ4n) is 4.78. The standard InChI is InChI=1S/C29H28N6O5/c1-40-29(39)22(16-19-10-4-2-5-11-19)31-27(37)24-17-25(36)35(24)26(20-12-6-3-7-13-20)28(38)30-18-34-23-15-9-8-14-21(23)32-33-34/h2-15,22,24,26H,16-18H2,1H3,(H,30,38)(H,31,37). The Bertz CT molecular complexity index is 1520. The van der Waals surface area contributed by atoms with Crippen molar-refractivity contribution < 1.29 is 23.9 Å². The second kappa shape index (κ2) is 11.8. The molecule has 1 fully saturated rings. The van der Waals surface area contributed by atoms with Gasteiger partial charge < -0.3 is 20.3 Å². The van der Waals surface area contributed by atoms with Crippen LogP contribution in [0.3, 0.4) is 0 Å². The van der Waals surface area contributed by atoms with Crippen LogP contribution in [0.1, 0.15) is 23.6 Å². The summed E-state index contributed by atoms with van der Waals surface area (Å²) in [5.74, 6) is -1.98. The Balaban J connectivity index is 1.35. The van der Waals surface area contributed by atoms with Gasteiger partial charge in [-0.2, -0.15) is 0 Å². The van der Waals surface area contributed by atoms with E-state index in [9.17, 15) is 19.2 Å². The lowest BCUT2D eigenvalue weighted by atomic mass is 9.93. The third kappa shape index (κ3) is 5.53. The summed E-state index contributed by atoms with van der Waals surface area (Å²) in [6.45, 7) is 0.0169. The Hall–Kier alpha value is -5.06. The van der Waals surface area contributed by atoms with Crippen LogP contribution in [0.4, 0.5) is 0 Å². The summed E-state index contributed by atoms with van der Waals surface area (Å²) < 4.78 is 6.45. The number of hydrogen-bond acceptors (Lipinski definition) is 7. The highest BCUT2D eigenvalue weighted by atomic mass is 16.5. The first-order valence-corrected chi connectivity index (χ1v) is 12.8. The number of rotatable bonds is 10. The van der Waals surface area contributed by atoms with Crippen molar-refractivity contribution in [2.24, 2.45) is 0 Å². The number of fused-ring (bicyclic) bond motifs is 1. The van der Waals surface area contributed by atoms with E-state index in [-0.39, 0.29) is 25.4 Å². The van der Waals surface area contributed by atoms with Gasteiger partial charge in [-0.05, 0) is 23.3 Å².